The molecule has 0 aromatic carbocycles. The predicted molar refractivity (Wildman–Crippen MR) is 124 cm³/mol. The predicted octanol–water partition coefficient (Wildman–Crippen LogP) is 3.35. The summed E-state index contributed by atoms with van der Waals surface area (Å²) in [5, 5.41) is 22.7. The van der Waals surface area contributed by atoms with Crippen LogP contribution in [0.25, 0.3) is 0 Å². The first-order valence-electron chi connectivity index (χ1n) is 13.1. The summed E-state index contributed by atoms with van der Waals surface area (Å²) in [5.41, 5.74) is -2.51. The van der Waals surface area contributed by atoms with Crippen molar-refractivity contribution < 1.29 is 29.3 Å². The monoisotopic (exact) mass is 470 g/mol. The summed E-state index contributed by atoms with van der Waals surface area (Å²) in [5.74, 6) is 0.769. The lowest BCUT2D eigenvalue weighted by Crippen LogP contribution is -2.69. The van der Waals surface area contributed by atoms with Crippen LogP contribution in [0.5, 0.6) is 0 Å². The van der Waals surface area contributed by atoms with Crippen LogP contribution in [-0.2, 0) is 19.1 Å². The van der Waals surface area contributed by atoms with E-state index in [0.717, 1.165) is 25.7 Å². The van der Waals surface area contributed by atoms with Gasteiger partial charge < -0.3 is 19.7 Å². The molecule has 6 heteroatoms. The molecule has 0 amide bonds. The highest BCUT2D eigenvalue weighted by molar-refractivity contribution is 5.97. The Kier molecular flexibility index (Phi) is 4.75. The zero-order valence-electron chi connectivity index (χ0n) is 20.6. The number of allylic oxidation sites excluding steroid dienone is 1. The summed E-state index contributed by atoms with van der Waals surface area (Å²) in [6, 6.07) is 0. The zero-order chi connectivity index (χ0) is 24.3. The molecule has 2 heterocycles. The van der Waals surface area contributed by atoms with Gasteiger partial charge in [0.15, 0.2) is 5.78 Å². The second-order valence-corrected chi connectivity index (χ2v) is 12.8. The van der Waals surface area contributed by atoms with E-state index in [2.05, 4.69) is 13.5 Å². The minimum absolute atomic E-state index is 0.0306. The van der Waals surface area contributed by atoms with E-state index in [4.69, 9.17) is 9.47 Å². The molecule has 11 atom stereocenters. The quantitative estimate of drug-likeness (QED) is 0.451. The number of hydrogen-bond donors (Lipinski definition) is 2. The second kappa shape index (κ2) is 7.04. The number of ether oxygens (including phenoxy) is 2. The second-order valence-electron chi connectivity index (χ2n) is 12.8. The largest absolute Gasteiger partial charge is 0.458 e. The number of aliphatic hydroxyl groups excluding tert-OH is 1. The number of esters is 1. The number of carbonyl (C=O) groups is 2. The molecule has 2 saturated heterocycles. The van der Waals surface area contributed by atoms with Crippen molar-refractivity contribution in [3.8, 4) is 0 Å². The van der Waals surface area contributed by atoms with Crippen molar-refractivity contribution in [2.24, 2.45) is 40.4 Å². The number of rotatable bonds is 1. The van der Waals surface area contributed by atoms with Gasteiger partial charge in [0, 0.05) is 12.3 Å². The Morgan fingerprint density at radius 2 is 1.76 bits per heavy atom. The van der Waals surface area contributed by atoms with Crippen molar-refractivity contribution in [3.63, 3.8) is 0 Å². The molecule has 0 aromatic heterocycles. The maximum Gasteiger partial charge on any atom is 0.336 e. The molecule has 6 unspecified atom stereocenters. The van der Waals surface area contributed by atoms with E-state index in [-0.39, 0.29) is 41.0 Å². The summed E-state index contributed by atoms with van der Waals surface area (Å²) >= 11 is 0. The average Bonchev–Trinajstić information content (AvgIpc) is 3.13. The number of fused-ring (bicyclic) bond motifs is 7. The topological polar surface area (TPSA) is 93.1 Å². The summed E-state index contributed by atoms with van der Waals surface area (Å²) in [6.45, 7) is 10.7. The first-order valence-corrected chi connectivity index (χ1v) is 13.1. The fourth-order valence-electron chi connectivity index (χ4n) is 9.58. The molecule has 4 aliphatic carbocycles. The van der Waals surface area contributed by atoms with Gasteiger partial charge in [-0.2, -0.15) is 0 Å². The van der Waals surface area contributed by atoms with Crippen LogP contribution in [0.4, 0.5) is 0 Å². The third-order valence-electron chi connectivity index (χ3n) is 11.7. The number of carbonyl (C=O) groups excluding carboxylic acids is 2. The van der Waals surface area contributed by atoms with Crippen LogP contribution < -0.4 is 0 Å². The van der Waals surface area contributed by atoms with E-state index in [9.17, 15) is 19.8 Å². The van der Waals surface area contributed by atoms with E-state index in [1.807, 2.05) is 13.8 Å². The lowest BCUT2D eigenvalue weighted by molar-refractivity contribution is -0.234. The molecule has 34 heavy (non-hydrogen) atoms. The molecule has 2 N–H and O–H groups in total. The molecule has 3 saturated carbocycles. The maximum atomic E-state index is 13.2. The molecule has 0 aromatic rings. The summed E-state index contributed by atoms with van der Waals surface area (Å²) < 4.78 is 12.2. The van der Waals surface area contributed by atoms with Gasteiger partial charge in [-0.15, -0.1) is 0 Å². The van der Waals surface area contributed by atoms with E-state index in [1.165, 1.54) is 0 Å². The lowest BCUT2D eigenvalue weighted by atomic mass is 9.42. The molecule has 0 radical (unpaired) electrons. The molecule has 186 valence electrons. The van der Waals surface area contributed by atoms with Crippen LogP contribution in [0.15, 0.2) is 24.3 Å². The van der Waals surface area contributed by atoms with Gasteiger partial charge in [0.2, 0.25) is 0 Å². The Bertz CT molecular complexity index is 987. The fraction of sp³-hybridized carbons (Fsp3) is 0.786. The van der Waals surface area contributed by atoms with Gasteiger partial charge in [0.05, 0.1) is 23.7 Å². The molecular weight excluding hydrogens is 432 g/mol. The van der Waals surface area contributed by atoms with E-state index in [0.29, 0.717) is 43.3 Å². The number of aliphatic hydroxyl groups is 2. The van der Waals surface area contributed by atoms with Gasteiger partial charge in [-0.25, -0.2) is 4.79 Å². The van der Waals surface area contributed by atoms with Crippen LogP contribution in [0, 0.1) is 40.4 Å². The highest BCUT2D eigenvalue weighted by atomic mass is 16.6. The smallest absolute Gasteiger partial charge is 0.336 e. The van der Waals surface area contributed by atoms with Crippen molar-refractivity contribution >= 4 is 11.8 Å². The number of ketones is 1. The summed E-state index contributed by atoms with van der Waals surface area (Å²) in [6.07, 6.45) is 7.75. The summed E-state index contributed by atoms with van der Waals surface area (Å²) in [4.78, 5) is 25.7. The van der Waals surface area contributed by atoms with Gasteiger partial charge >= 0.3 is 5.97 Å². The first kappa shape index (κ1) is 22.9. The normalized spacial score (nSPS) is 56.4. The van der Waals surface area contributed by atoms with E-state index in [1.54, 1.807) is 12.2 Å². The van der Waals surface area contributed by atoms with E-state index < -0.39 is 22.7 Å². The first-order chi connectivity index (χ1) is 16.0. The van der Waals surface area contributed by atoms with Crippen molar-refractivity contribution in [1.29, 1.82) is 0 Å². The fourth-order valence-corrected chi connectivity index (χ4v) is 9.58. The van der Waals surface area contributed by atoms with Gasteiger partial charge in [-0.05, 0) is 87.5 Å². The minimum atomic E-state index is -1.38. The Hall–Kier alpha value is -1.50. The lowest BCUT2D eigenvalue weighted by Gasteiger charge is -2.63. The molecule has 6 rings (SSSR count). The van der Waals surface area contributed by atoms with Gasteiger partial charge in [0.25, 0.3) is 0 Å². The Balaban J connectivity index is 1.30. The Morgan fingerprint density at radius 1 is 1.06 bits per heavy atom. The highest BCUT2D eigenvalue weighted by Gasteiger charge is 2.69. The summed E-state index contributed by atoms with van der Waals surface area (Å²) in [7, 11) is 0. The molecule has 6 aliphatic rings. The van der Waals surface area contributed by atoms with Crippen LogP contribution in [-0.4, -0.2) is 52.0 Å². The van der Waals surface area contributed by atoms with Crippen LogP contribution in [0.1, 0.15) is 65.7 Å². The standard InChI is InChI=1S/C28H38O6/c1-15-24(31)34-21-13-26(15,3)33-14-17(21)19-8-7-18-16-12-23(30)28(32)10-5-6-22(29)27(28,4)20(16)9-11-25(18,19)2/h5-6,16-21,23,30,32H,1,7-14H2,2-4H3/t16?,17-,18?,19?,20?,21+,23-,25?,26+,27?,28+/m0/s1. The van der Waals surface area contributed by atoms with E-state index >= 15 is 0 Å². The molecule has 0 spiro atoms. The van der Waals surface area contributed by atoms with Gasteiger partial charge in [-0.3, -0.25) is 4.79 Å². The number of hydrogen-bond acceptors (Lipinski definition) is 6. The molecule has 6 nitrogen and oxygen atoms in total. The van der Waals surface area contributed by atoms with Gasteiger partial charge in [-0.1, -0.05) is 19.6 Å². The molecule has 5 fully saturated rings. The molecular formula is C28H38O6. The third kappa shape index (κ3) is 2.63. The van der Waals surface area contributed by atoms with Crippen molar-refractivity contribution in [1.82, 2.24) is 0 Å². The highest BCUT2D eigenvalue weighted by Crippen LogP contribution is 2.68. The molecule has 2 aliphatic heterocycles. The average molecular weight is 471 g/mol. The maximum absolute atomic E-state index is 13.2. The zero-order valence-corrected chi connectivity index (χ0v) is 20.6. The van der Waals surface area contributed by atoms with Crippen LogP contribution >= 0.6 is 0 Å². The van der Waals surface area contributed by atoms with Crippen LogP contribution in [0.3, 0.4) is 0 Å². The Labute approximate surface area is 201 Å². The minimum Gasteiger partial charge on any atom is -0.458 e. The Morgan fingerprint density at radius 3 is 2.50 bits per heavy atom. The SMILES string of the molecule is C=C1C(=O)O[C@@H]2C[C@@]1(C)OC[C@H]2C1CCC2C3C[C@H](O)[C@]4(O)CC=CC(=O)C4(C)C3CCC21C. The van der Waals surface area contributed by atoms with Gasteiger partial charge in [0.1, 0.15) is 17.3 Å². The third-order valence-corrected chi connectivity index (χ3v) is 11.7. The van der Waals surface area contributed by atoms with Crippen molar-refractivity contribution in [3.05, 3.63) is 24.3 Å². The van der Waals surface area contributed by atoms with Crippen LogP contribution in [0.2, 0.25) is 0 Å². The van der Waals surface area contributed by atoms with Crippen molar-refractivity contribution in [2.45, 2.75) is 89.1 Å². The molecule has 2 bridgehead atoms. The van der Waals surface area contributed by atoms with Crippen molar-refractivity contribution in [2.75, 3.05) is 6.61 Å².